The van der Waals surface area contributed by atoms with Crippen LogP contribution in [-0.2, 0) is 10.1 Å². The molecule has 3 nitrogen and oxygen atoms in total. The quantitative estimate of drug-likeness (QED) is 0.435. The maximum Gasteiger partial charge on any atom is 0.458 e. The zero-order valence-corrected chi connectivity index (χ0v) is 12.9. The van der Waals surface area contributed by atoms with Gasteiger partial charge in [0.25, 0.3) is 5.41 Å². The third-order valence-corrected chi connectivity index (χ3v) is 4.55. The minimum absolute atomic E-state index is 8.04. The molecule has 0 fully saturated rings. The molecule has 0 amide bonds. The summed E-state index contributed by atoms with van der Waals surface area (Å²) in [7, 11) is -9.03. The van der Waals surface area contributed by atoms with Crippen LogP contribution in [0, 0.1) is 5.41 Å². The van der Waals surface area contributed by atoms with Crippen LogP contribution in [0.2, 0.25) is 0 Å². The Morgan fingerprint density at radius 3 is 0.828 bits per heavy atom. The van der Waals surface area contributed by atoms with Crippen LogP contribution >= 0.6 is 0 Å². The minimum Gasteiger partial charge on any atom is -0.283 e. The van der Waals surface area contributed by atoms with Gasteiger partial charge in [0, 0.05) is 0 Å². The number of halogens is 17. The Labute approximate surface area is 146 Å². The molecule has 0 aliphatic heterocycles. The minimum atomic E-state index is -9.40. The number of hydrogen-bond acceptors (Lipinski definition) is 2. The highest BCUT2D eigenvalue weighted by Crippen LogP contribution is 2.73. The first kappa shape index (κ1) is 27.7. The summed E-state index contributed by atoms with van der Waals surface area (Å²) in [4.78, 5) is 0. The van der Waals surface area contributed by atoms with Crippen molar-refractivity contribution in [2.45, 2.75) is 41.6 Å². The second kappa shape index (κ2) is 6.36. The molecule has 1 unspecified atom stereocenters. The van der Waals surface area contributed by atoms with E-state index in [4.69, 9.17) is 4.55 Å². The molecule has 0 rings (SSSR count). The normalized spacial score (nSPS) is 18.6. The largest absolute Gasteiger partial charge is 0.458 e. The molecule has 0 bridgehead atoms. The van der Waals surface area contributed by atoms with Crippen molar-refractivity contribution in [1.82, 2.24) is 0 Å². The first-order valence-corrected chi connectivity index (χ1v) is 7.12. The average molecular weight is 500 g/mol. The summed E-state index contributed by atoms with van der Waals surface area (Å²) in [6, 6.07) is 0. The first-order chi connectivity index (χ1) is 12.0. The van der Waals surface area contributed by atoms with E-state index in [1.54, 1.807) is 0 Å². The van der Waals surface area contributed by atoms with Gasteiger partial charge in [-0.1, -0.05) is 0 Å². The Kier molecular flexibility index (Phi) is 6.08. The summed E-state index contributed by atoms with van der Waals surface area (Å²) in [6.45, 7) is 0. The lowest BCUT2D eigenvalue weighted by molar-refractivity contribution is -0.488. The van der Waals surface area contributed by atoms with E-state index in [2.05, 4.69) is 0 Å². The second-order valence-corrected chi connectivity index (χ2v) is 6.47. The molecule has 0 radical (unpaired) electrons. The second-order valence-electron chi connectivity index (χ2n) is 4.96. The average Bonchev–Trinajstić information content (AvgIpc) is 2.30. The van der Waals surface area contributed by atoms with Crippen LogP contribution in [0.15, 0.2) is 0 Å². The topological polar surface area (TPSA) is 54.4 Å². The van der Waals surface area contributed by atoms with E-state index in [-0.39, 0.29) is 0 Å². The Balaban J connectivity index is 8.37. The van der Waals surface area contributed by atoms with Gasteiger partial charge < -0.3 is 0 Å². The van der Waals surface area contributed by atoms with E-state index in [1.807, 2.05) is 0 Å². The fourth-order valence-corrected chi connectivity index (χ4v) is 3.26. The smallest absolute Gasteiger partial charge is 0.283 e. The zero-order valence-electron chi connectivity index (χ0n) is 12.1. The Morgan fingerprint density at radius 1 is 0.448 bits per heavy atom. The molecule has 0 heterocycles. The predicted molar refractivity (Wildman–Crippen MR) is 51.9 cm³/mol. The summed E-state index contributed by atoms with van der Waals surface area (Å²) in [6.07, 6.45) is -34.5. The van der Waals surface area contributed by atoms with Crippen LogP contribution < -0.4 is 0 Å². The van der Waals surface area contributed by atoms with Gasteiger partial charge in [-0.05, 0) is 0 Å². The zero-order chi connectivity index (χ0) is 24.5. The van der Waals surface area contributed by atoms with Crippen molar-refractivity contribution in [3.8, 4) is 0 Å². The molecular formula is C8HF17O3S. The van der Waals surface area contributed by atoms with Crippen molar-refractivity contribution in [3.63, 3.8) is 0 Å². The summed E-state index contributed by atoms with van der Waals surface area (Å²) < 4.78 is 247. The molecule has 0 aromatic heterocycles. The number of alkyl halides is 17. The van der Waals surface area contributed by atoms with Crippen LogP contribution in [0.1, 0.15) is 0 Å². The van der Waals surface area contributed by atoms with Crippen LogP contribution in [-0.4, -0.2) is 54.5 Å². The van der Waals surface area contributed by atoms with Crippen molar-refractivity contribution in [3.05, 3.63) is 0 Å². The maximum absolute atomic E-state index is 14.2. The van der Waals surface area contributed by atoms with E-state index in [1.165, 1.54) is 0 Å². The molecular weight excluding hydrogens is 499 g/mol. The maximum atomic E-state index is 14.2. The van der Waals surface area contributed by atoms with E-state index < -0.39 is 57.1 Å². The Hall–Kier alpha value is -1.28. The molecule has 0 saturated heterocycles. The molecule has 176 valence electrons. The van der Waals surface area contributed by atoms with Gasteiger partial charge in [-0.25, -0.2) is 4.39 Å². The molecule has 0 saturated carbocycles. The first-order valence-electron chi connectivity index (χ1n) is 5.68. The highest BCUT2D eigenvalue weighted by molar-refractivity contribution is 7.87. The van der Waals surface area contributed by atoms with Crippen LogP contribution in [0.4, 0.5) is 74.6 Å². The van der Waals surface area contributed by atoms with Gasteiger partial charge in [-0.15, -0.1) is 0 Å². The highest BCUT2D eigenvalue weighted by Gasteiger charge is 3.04. The van der Waals surface area contributed by atoms with Gasteiger partial charge in [0.2, 0.25) is 0 Å². The summed E-state index contributed by atoms with van der Waals surface area (Å²) >= 11 is 0. The molecule has 0 aliphatic carbocycles. The molecule has 1 N–H and O–H groups in total. The third-order valence-electron chi connectivity index (χ3n) is 3.28. The Bertz CT molecular complexity index is 708. The number of rotatable bonds is 4. The fourth-order valence-electron chi connectivity index (χ4n) is 2.07. The van der Waals surface area contributed by atoms with Crippen LogP contribution in [0.3, 0.4) is 0 Å². The summed E-state index contributed by atoms with van der Waals surface area (Å²) in [5.41, 5.74) is -9.40. The van der Waals surface area contributed by atoms with Gasteiger partial charge in [-0.3, -0.25) is 4.55 Å². The summed E-state index contributed by atoms with van der Waals surface area (Å²) in [5, 5.41) is -9.11. The van der Waals surface area contributed by atoms with Gasteiger partial charge in [0.1, 0.15) is 0 Å². The van der Waals surface area contributed by atoms with Crippen LogP contribution in [0.25, 0.3) is 0 Å². The number of hydrogen-bond donors (Lipinski definition) is 1. The third kappa shape index (κ3) is 3.26. The van der Waals surface area contributed by atoms with Gasteiger partial charge in [-0.2, -0.15) is 78.7 Å². The predicted octanol–water partition coefficient (Wildman–Crippen LogP) is 5.05. The SMILES string of the molecule is O=S(=O)(O)C(F)(C(F)(F)C(F)(F)F)C(C(F)(F)F)(C(F)(F)F)C(F)(F)C(F)(F)F. The van der Waals surface area contributed by atoms with E-state index >= 15 is 0 Å². The van der Waals surface area contributed by atoms with Crippen molar-refractivity contribution >= 4 is 10.1 Å². The monoisotopic (exact) mass is 500 g/mol. The summed E-state index contributed by atoms with van der Waals surface area (Å²) in [5.74, 6) is -17.9. The molecule has 0 aromatic rings. The fraction of sp³-hybridized carbons (Fsp3) is 1.00. The standard InChI is InChI=1S/C8HF17O3S/c9-2(10,7(20,21)22)1(5(14,15)16,6(17,18)19)4(13,29(26,27)28)3(11,12)8(23,24)25/h(H,26,27,28). The van der Waals surface area contributed by atoms with E-state index in [0.717, 1.165) is 0 Å². The van der Waals surface area contributed by atoms with E-state index in [0.29, 0.717) is 0 Å². The van der Waals surface area contributed by atoms with Gasteiger partial charge >= 0.3 is 51.7 Å². The van der Waals surface area contributed by atoms with Gasteiger partial charge in [0.15, 0.2) is 0 Å². The molecule has 21 heteroatoms. The highest BCUT2D eigenvalue weighted by atomic mass is 32.2. The lowest BCUT2D eigenvalue weighted by Crippen LogP contribution is -2.81. The van der Waals surface area contributed by atoms with Crippen molar-refractivity contribution in [1.29, 1.82) is 0 Å². The van der Waals surface area contributed by atoms with Crippen molar-refractivity contribution in [2.75, 3.05) is 0 Å². The van der Waals surface area contributed by atoms with Crippen LogP contribution in [0.5, 0.6) is 0 Å². The molecule has 1 atom stereocenters. The van der Waals surface area contributed by atoms with Crippen molar-refractivity contribution < 1.29 is 87.6 Å². The van der Waals surface area contributed by atoms with E-state index in [9.17, 15) is 83.1 Å². The lowest BCUT2D eigenvalue weighted by atomic mass is 9.71. The molecule has 0 aromatic carbocycles. The molecule has 0 aliphatic rings. The molecule has 29 heavy (non-hydrogen) atoms. The van der Waals surface area contributed by atoms with Crippen molar-refractivity contribution in [2.24, 2.45) is 5.41 Å². The molecule has 0 spiro atoms. The lowest BCUT2D eigenvalue weighted by Gasteiger charge is -2.50. The van der Waals surface area contributed by atoms with Gasteiger partial charge in [0.05, 0.1) is 0 Å². The Morgan fingerprint density at radius 2 is 0.690 bits per heavy atom.